The predicted molar refractivity (Wildman–Crippen MR) is 65.9 cm³/mol. The van der Waals surface area contributed by atoms with Gasteiger partial charge < -0.3 is 10.6 Å². The molecule has 0 aromatic heterocycles. The minimum absolute atomic E-state index is 0.0446. The van der Waals surface area contributed by atoms with Crippen LogP contribution >= 0.6 is 0 Å². The number of hydrogen-bond acceptors (Lipinski definition) is 2. The smallest absolute Gasteiger partial charge is 0.251 e. The first-order chi connectivity index (χ1) is 7.81. The maximum Gasteiger partial charge on any atom is 0.251 e. The summed E-state index contributed by atoms with van der Waals surface area (Å²) >= 11 is 0. The number of carbonyl (C=O) groups excluding carboxylic acids is 1. The average molecular weight is 218 g/mol. The normalized spacial score (nSPS) is 13.1. The molecule has 0 aliphatic carbocycles. The van der Waals surface area contributed by atoms with Gasteiger partial charge in [-0.15, -0.1) is 0 Å². The molecule has 2 rings (SSSR count). The van der Waals surface area contributed by atoms with E-state index in [9.17, 15) is 4.79 Å². The predicted octanol–water partition coefficient (Wildman–Crippen LogP) is 2.18. The van der Waals surface area contributed by atoms with Gasteiger partial charge in [0.05, 0.1) is 0 Å². The minimum atomic E-state index is 0.0446. The van der Waals surface area contributed by atoms with Crippen LogP contribution in [0.5, 0.6) is 0 Å². The van der Waals surface area contributed by atoms with Crippen LogP contribution in [0.15, 0.2) is 18.2 Å². The lowest BCUT2D eigenvalue weighted by Gasteiger charge is -2.06. The second kappa shape index (κ2) is 5.01. The van der Waals surface area contributed by atoms with E-state index in [2.05, 4.69) is 17.6 Å². The van der Waals surface area contributed by atoms with E-state index in [0.29, 0.717) is 0 Å². The van der Waals surface area contributed by atoms with Crippen LogP contribution in [0.25, 0.3) is 0 Å². The van der Waals surface area contributed by atoms with Crippen molar-refractivity contribution < 1.29 is 4.79 Å². The van der Waals surface area contributed by atoms with E-state index in [-0.39, 0.29) is 5.91 Å². The van der Waals surface area contributed by atoms with Crippen molar-refractivity contribution in [2.45, 2.75) is 26.2 Å². The van der Waals surface area contributed by atoms with E-state index in [4.69, 9.17) is 0 Å². The number of fused-ring (bicyclic) bond motifs is 1. The van der Waals surface area contributed by atoms with E-state index >= 15 is 0 Å². The number of unbranched alkanes of at least 4 members (excludes halogenated alkanes) is 1. The molecule has 0 saturated carbocycles. The van der Waals surface area contributed by atoms with Crippen molar-refractivity contribution in [3.8, 4) is 0 Å². The Morgan fingerprint density at radius 3 is 3.19 bits per heavy atom. The molecule has 0 fully saturated rings. The number of anilines is 1. The maximum absolute atomic E-state index is 11.8. The molecule has 1 amide bonds. The van der Waals surface area contributed by atoms with Gasteiger partial charge in [-0.1, -0.05) is 13.3 Å². The summed E-state index contributed by atoms with van der Waals surface area (Å²) in [4.78, 5) is 11.8. The van der Waals surface area contributed by atoms with Crippen molar-refractivity contribution in [3.05, 3.63) is 29.3 Å². The SMILES string of the molecule is CCCCNC(=O)c1ccc2c(c1)CCN2. The zero-order valence-electron chi connectivity index (χ0n) is 9.68. The van der Waals surface area contributed by atoms with Crippen molar-refractivity contribution in [2.24, 2.45) is 0 Å². The number of carbonyl (C=O) groups is 1. The van der Waals surface area contributed by atoms with Crippen molar-refractivity contribution in [1.29, 1.82) is 0 Å². The zero-order chi connectivity index (χ0) is 11.4. The Labute approximate surface area is 96.2 Å². The molecule has 1 aromatic rings. The fraction of sp³-hybridized carbons (Fsp3) is 0.462. The van der Waals surface area contributed by atoms with Gasteiger partial charge in [-0.2, -0.15) is 0 Å². The van der Waals surface area contributed by atoms with Gasteiger partial charge in [-0.25, -0.2) is 0 Å². The number of benzene rings is 1. The summed E-state index contributed by atoms with van der Waals surface area (Å²) in [7, 11) is 0. The molecular weight excluding hydrogens is 200 g/mol. The third-order valence-corrected chi connectivity index (χ3v) is 2.89. The molecule has 0 unspecified atom stereocenters. The number of nitrogens with one attached hydrogen (secondary N) is 2. The molecule has 1 heterocycles. The van der Waals surface area contributed by atoms with Crippen LogP contribution in [-0.4, -0.2) is 19.0 Å². The fourth-order valence-electron chi connectivity index (χ4n) is 1.93. The number of rotatable bonds is 4. The Bertz CT molecular complexity index is 388. The molecule has 0 spiro atoms. The molecule has 0 atom stereocenters. The fourth-order valence-corrected chi connectivity index (χ4v) is 1.93. The minimum Gasteiger partial charge on any atom is -0.384 e. The van der Waals surface area contributed by atoms with Gasteiger partial charge in [-0.05, 0) is 36.6 Å². The summed E-state index contributed by atoms with van der Waals surface area (Å²) in [5.41, 5.74) is 3.20. The van der Waals surface area contributed by atoms with Crippen LogP contribution in [0, 0.1) is 0 Å². The van der Waals surface area contributed by atoms with Crippen LogP contribution in [0.2, 0.25) is 0 Å². The third-order valence-electron chi connectivity index (χ3n) is 2.89. The Kier molecular flexibility index (Phi) is 3.44. The Morgan fingerprint density at radius 2 is 2.38 bits per heavy atom. The highest BCUT2D eigenvalue weighted by Gasteiger charge is 2.12. The lowest BCUT2D eigenvalue weighted by atomic mass is 10.1. The molecular formula is C13H18N2O. The van der Waals surface area contributed by atoms with Crippen molar-refractivity contribution in [2.75, 3.05) is 18.4 Å². The Hall–Kier alpha value is -1.51. The highest BCUT2D eigenvalue weighted by atomic mass is 16.1. The zero-order valence-corrected chi connectivity index (χ0v) is 9.68. The second-order valence-corrected chi connectivity index (χ2v) is 4.16. The van der Waals surface area contributed by atoms with Crippen LogP contribution in [0.4, 0.5) is 5.69 Å². The lowest BCUT2D eigenvalue weighted by molar-refractivity contribution is 0.0953. The van der Waals surface area contributed by atoms with E-state index < -0.39 is 0 Å². The number of hydrogen-bond donors (Lipinski definition) is 2. The second-order valence-electron chi connectivity index (χ2n) is 4.16. The van der Waals surface area contributed by atoms with Crippen molar-refractivity contribution in [3.63, 3.8) is 0 Å². The van der Waals surface area contributed by atoms with Crippen molar-refractivity contribution >= 4 is 11.6 Å². The lowest BCUT2D eigenvalue weighted by Crippen LogP contribution is -2.24. The molecule has 1 aliphatic heterocycles. The van der Waals surface area contributed by atoms with Gasteiger partial charge in [0.25, 0.3) is 5.91 Å². The average Bonchev–Trinajstić information content (AvgIpc) is 2.76. The van der Waals surface area contributed by atoms with E-state index in [0.717, 1.165) is 37.9 Å². The molecule has 1 aliphatic rings. The topological polar surface area (TPSA) is 41.1 Å². The number of amides is 1. The summed E-state index contributed by atoms with van der Waals surface area (Å²) in [6.45, 7) is 3.87. The Balaban J connectivity index is 2.01. The van der Waals surface area contributed by atoms with E-state index in [1.165, 1.54) is 11.3 Å². The first-order valence-electron chi connectivity index (χ1n) is 5.96. The van der Waals surface area contributed by atoms with Gasteiger partial charge in [0.15, 0.2) is 0 Å². The van der Waals surface area contributed by atoms with Gasteiger partial charge in [0.1, 0.15) is 0 Å². The summed E-state index contributed by atoms with van der Waals surface area (Å²) in [6.07, 6.45) is 3.16. The maximum atomic E-state index is 11.8. The van der Waals surface area contributed by atoms with Gasteiger partial charge >= 0.3 is 0 Å². The first-order valence-corrected chi connectivity index (χ1v) is 5.96. The summed E-state index contributed by atoms with van der Waals surface area (Å²) in [5.74, 6) is 0.0446. The summed E-state index contributed by atoms with van der Waals surface area (Å²) in [5, 5.41) is 6.22. The van der Waals surface area contributed by atoms with E-state index in [1.807, 2.05) is 18.2 Å². The molecule has 0 bridgehead atoms. The highest BCUT2D eigenvalue weighted by molar-refractivity contribution is 5.95. The molecule has 2 N–H and O–H groups in total. The largest absolute Gasteiger partial charge is 0.384 e. The van der Waals surface area contributed by atoms with Crippen molar-refractivity contribution in [1.82, 2.24) is 5.32 Å². The molecule has 1 aromatic carbocycles. The summed E-state index contributed by atoms with van der Waals surface area (Å²) in [6, 6.07) is 5.88. The Morgan fingerprint density at radius 1 is 1.50 bits per heavy atom. The first kappa shape index (κ1) is 11.0. The standard InChI is InChI=1S/C13H18N2O/c1-2-3-7-15-13(16)11-4-5-12-10(9-11)6-8-14-12/h4-5,9,14H,2-3,6-8H2,1H3,(H,15,16). The van der Waals surface area contributed by atoms with Crippen LogP contribution < -0.4 is 10.6 Å². The van der Waals surface area contributed by atoms with Crippen LogP contribution in [0.3, 0.4) is 0 Å². The van der Waals surface area contributed by atoms with E-state index in [1.54, 1.807) is 0 Å². The summed E-state index contributed by atoms with van der Waals surface area (Å²) < 4.78 is 0. The molecule has 3 nitrogen and oxygen atoms in total. The van der Waals surface area contributed by atoms with Crippen LogP contribution in [0.1, 0.15) is 35.7 Å². The van der Waals surface area contributed by atoms with Crippen LogP contribution in [-0.2, 0) is 6.42 Å². The molecule has 86 valence electrons. The highest BCUT2D eigenvalue weighted by Crippen LogP contribution is 2.22. The monoisotopic (exact) mass is 218 g/mol. The third kappa shape index (κ3) is 2.35. The van der Waals surface area contributed by atoms with Gasteiger partial charge in [0.2, 0.25) is 0 Å². The molecule has 3 heteroatoms. The quantitative estimate of drug-likeness (QED) is 0.761. The molecule has 0 radical (unpaired) electrons. The van der Waals surface area contributed by atoms with Gasteiger partial charge in [0, 0.05) is 24.3 Å². The molecule has 0 saturated heterocycles. The molecule has 16 heavy (non-hydrogen) atoms. The van der Waals surface area contributed by atoms with Gasteiger partial charge in [-0.3, -0.25) is 4.79 Å².